The number of ether oxygens (including phenoxy) is 2. The van der Waals surface area contributed by atoms with Crippen molar-refractivity contribution in [2.45, 2.75) is 35.3 Å². The van der Waals surface area contributed by atoms with Crippen LogP contribution in [0.3, 0.4) is 0 Å². The lowest BCUT2D eigenvalue weighted by molar-refractivity contribution is -0.163. The molecule has 210 valence electrons. The predicted octanol–water partition coefficient (Wildman–Crippen LogP) is 5.46. The van der Waals surface area contributed by atoms with E-state index in [0.717, 1.165) is 20.1 Å². The van der Waals surface area contributed by atoms with Gasteiger partial charge in [-0.05, 0) is 53.1 Å². The summed E-state index contributed by atoms with van der Waals surface area (Å²) in [6, 6.07) is 24.2. The van der Waals surface area contributed by atoms with Crippen LogP contribution in [-0.4, -0.2) is 51.7 Å². The topological polar surface area (TPSA) is 97.8 Å². The summed E-state index contributed by atoms with van der Waals surface area (Å²) in [5.41, 5.74) is 2.18. The zero-order valence-electron chi connectivity index (χ0n) is 22.1. The Balaban J connectivity index is 1.31. The average Bonchev–Trinajstić information content (AvgIpc) is 3.41. The van der Waals surface area contributed by atoms with Crippen molar-refractivity contribution in [1.82, 2.24) is 15.2 Å². The predicted molar refractivity (Wildman–Crippen MR) is 162 cm³/mol. The van der Waals surface area contributed by atoms with Gasteiger partial charge in [-0.15, -0.1) is 11.3 Å². The maximum Gasteiger partial charge on any atom is 0.333 e. The highest BCUT2D eigenvalue weighted by Gasteiger charge is 2.54. The molecule has 5 rings (SSSR count). The Morgan fingerprint density at radius 1 is 1.05 bits per heavy atom. The number of esters is 1. The van der Waals surface area contributed by atoms with E-state index in [0.29, 0.717) is 11.3 Å². The lowest BCUT2D eigenvalue weighted by Gasteiger charge is -2.49. The summed E-state index contributed by atoms with van der Waals surface area (Å²) < 4.78 is 13.0. The van der Waals surface area contributed by atoms with Crippen LogP contribution in [0, 0.1) is 0 Å². The summed E-state index contributed by atoms with van der Waals surface area (Å²) in [7, 11) is 2.74. The second kappa shape index (κ2) is 13.2. The first-order valence-corrected chi connectivity index (χ1v) is 15.8. The average molecular weight is 606 g/mol. The molecule has 3 atom stereocenters. The number of carbonyl (C=O) groups is 3. The number of thiazole rings is 1. The van der Waals surface area contributed by atoms with Crippen molar-refractivity contribution in [2.24, 2.45) is 0 Å². The Kier molecular flexibility index (Phi) is 9.28. The lowest BCUT2D eigenvalue weighted by atomic mass is 9.99. The number of nitrogens with one attached hydrogen (secondary N) is 1. The minimum atomic E-state index is -1.01. The molecule has 2 amide bonds. The number of hydrogen-bond donors (Lipinski definition) is 1. The Hall–Kier alpha value is -3.80. The molecule has 1 fully saturated rings. The van der Waals surface area contributed by atoms with Gasteiger partial charge in [0.05, 0.1) is 10.2 Å². The fraction of sp³-hybridized carbons (Fsp3) is 0.200. The summed E-state index contributed by atoms with van der Waals surface area (Å²) in [4.78, 5) is 45.5. The van der Waals surface area contributed by atoms with E-state index >= 15 is 0 Å². The zero-order valence-corrected chi connectivity index (χ0v) is 24.5. The molecule has 3 aromatic carbocycles. The lowest BCUT2D eigenvalue weighted by Crippen LogP contribution is -2.73. The third kappa shape index (κ3) is 6.92. The molecule has 1 N–H and O–H groups in total. The number of likely N-dealkylation sites (tertiary alicyclic amines) is 1. The van der Waals surface area contributed by atoms with Crippen LogP contribution < -0.4 is 10.1 Å². The van der Waals surface area contributed by atoms with E-state index in [1.807, 2.05) is 60.7 Å². The van der Waals surface area contributed by atoms with Gasteiger partial charge >= 0.3 is 5.97 Å². The first-order valence-electron chi connectivity index (χ1n) is 12.7. The van der Waals surface area contributed by atoms with E-state index < -0.39 is 35.2 Å². The molecule has 0 bridgehead atoms. The van der Waals surface area contributed by atoms with Crippen LogP contribution >= 0.6 is 32.9 Å². The maximum absolute atomic E-state index is 13.4. The van der Waals surface area contributed by atoms with Gasteiger partial charge in [0.1, 0.15) is 23.8 Å². The Morgan fingerprint density at radius 3 is 2.44 bits per heavy atom. The minimum absolute atomic E-state index is 0.0702. The van der Waals surface area contributed by atoms with Crippen LogP contribution in [0.1, 0.15) is 12.5 Å². The first kappa shape index (κ1) is 28.7. The monoisotopic (exact) mass is 605 g/mol. The van der Waals surface area contributed by atoms with Gasteiger partial charge in [-0.1, -0.05) is 78.0 Å². The number of rotatable bonds is 12. The molecule has 0 saturated carbocycles. The number of para-hydroxylation sites is 2. The van der Waals surface area contributed by atoms with E-state index in [4.69, 9.17) is 9.47 Å². The summed E-state index contributed by atoms with van der Waals surface area (Å²) in [6.07, 6.45) is 0. The smallest absolute Gasteiger partial charge is 0.333 e. The van der Waals surface area contributed by atoms with Gasteiger partial charge < -0.3 is 19.7 Å². The van der Waals surface area contributed by atoms with Crippen molar-refractivity contribution in [3.63, 3.8) is 0 Å². The molecule has 4 aromatic rings. The summed E-state index contributed by atoms with van der Waals surface area (Å²) in [5.74, 6) is -0.876. The molecule has 8 nitrogen and oxygen atoms in total. The molecular formula is C30H27N3O5S3. The molecule has 1 aliphatic heterocycles. The number of carbonyl (C=O) groups excluding carboxylic acids is 3. The minimum Gasteiger partial charge on any atom is -0.484 e. The zero-order chi connectivity index (χ0) is 28.8. The van der Waals surface area contributed by atoms with Crippen LogP contribution in [0.2, 0.25) is 0 Å². The van der Waals surface area contributed by atoms with Crippen molar-refractivity contribution < 1.29 is 23.9 Å². The van der Waals surface area contributed by atoms with E-state index in [1.54, 1.807) is 31.2 Å². The molecule has 1 saturated heterocycles. The number of aromatic nitrogens is 1. The van der Waals surface area contributed by atoms with Crippen LogP contribution in [0.5, 0.6) is 5.75 Å². The van der Waals surface area contributed by atoms with E-state index in [1.165, 1.54) is 37.8 Å². The molecule has 2 heterocycles. The number of amides is 2. The summed E-state index contributed by atoms with van der Waals surface area (Å²) in [5, 5.41) is 2.20. The largest absolute Gasteiger partial charge is 0.484 e. The summed E-state index contributed by atoms with van der Waals surface area (Å²) in [6.45, 7) is 5.47. The van der Waals surface area contributed by atoms with E-state index in [2.05, 4.69) is 16.9 Å². The highest BCUT2D eigenvalue weighted by Crippen LogP contribution is 2.45. The Morgan fingerprint density at radius 2 is 1.73 bits per heavy atom. The fourth-order valence-corrected chi connectivity index (χ4v) is 8.17. The van der Waals surface area contributed by atoms with Crippen LogP contribution in [0.15, 0.2) is 101 Å². The highest BCUT2D eigenvalue weighted by atomic mass is 33.1. The van der Waals surface area contributed by atoms with Crippen LogP contribution in [0.4, 0.5) is 0 Å². The number of nitrogens with zero attached hydrogens (tertiary/aromatic N) is 2. The highest BCUT2D eigenvalue weighted by molar-refractivity contribution is 8.77. The molecule has 0 aliphatic carbocycles. The number of β-lactam (4-membered cyclic amide) rings is 1. The number of hydrogen-bond acceptors (Lipinski definition) is 9. The SMILES string of the molecule is C=C(C)C(C(=O)OCc1ccccc1)N1C(=O)C(NC(=O)COc2ccccc2)C1SSc1nc2ccccc2s1. The van der Waals surface area contributed by atoms with E-state index in [-0.39, 0.29) is 13.2 Å². The Labute approximate surface area is 249 Å². The van der Waals surface area contributed by atoms with Gasteiger partial charge in [0, 0.05) is 0 Å². The van der Waals surface area contributed by atoms with Gasteiger partial charge in [-0.2, -0.15) is 0 Å². The second-order valence-corrected chi connectivity index (χ2v) is 12.8. The van der Waals surface area contributed by atoms with Crippen LogP contribution in [0.25, 0.3) is 10.2 Å². The van der Waals surface area contributed by atoms with Gasteiger partial charge in [0.25, 0.3) is 5.91 Å². The normalized spacial score (nSPS) is 17.0. The van der Waals surface area contributed by atoms with Crippen LogP contribution in [-0.2, 0) is 25.7 Å². The van der Waals surface area contributed by atoms with Crippen molar-refractivity contribution in [3.8, 4) is 5.75 Å². The van der Waals surface area contributed by atoms with Crippen molar-refractivity contribution in [1.29, 1.82) is 0 Å². The number of fused-ring (bicyclic) bond motifs is 1. The molecule has 1 aromatic heterocycles. The van der Waals surface area contributed by atoms with Crippen molar-refractivity contribution in [2.75, 3.05) is 6.61 Å². The number of benzene rings is 3. The van der Waals surface area contributed by atoms with Gasteiger partial charge in [0.2, 0.25) is 5.91 Å². The fourth-order valence-electron chi connectivity index (χ4n) is 4.21. The molecule has 11 heteroatoms. The van der Waals surface area contributed by atoms with Gasteiger partial charge in [-0.3, -0.25) is 9.59 Å². The van der Waals surface area contributed by atoms with Crippen molar-refractivity contribution in [3.05, 3.63) is 103 Å². The third-order valence-electron chi connectivity index (χ3n) is 6.19. The van der Waals surface area contributed by atoms with Gasteiger partial charge in [0.15, 0.2) is 17.0 Å². The second-order valence-electron chi connectivity index (χ2n) is 9.25. The molecule has 3 unspecified atom stereocenters. The first-order chi connectivity index (χ1) is 19.9. The molecule has 0 radical (unpaired) electrons. The molecule has 41 heavy (non-hydrogen) atoms. The van der Waals surface area contributed by atoms with E-state index in [9.17, 15) is 14.4 Å². The van der Waals surface area contributed by atoms with Gasteiger partial charge in [-0.25, -0.2) is 9.78 Å². The molecular weight excluding hydrogens is 579 g/mol. The summed E-state index contributed by atoms with van der Waals surface area (Å²) >= 11 is 1.53. The Bertz CT molecular complexity index is 1510. The molecule has 1 aliphatic rings. The van der Waals surface area contributed by atoms with Crippen molar-refractivity contribution >= 4 is 60.9 Å². The maximum atomic E-state index is 13.4. The third-order valence-corrected chi connectivity index (χ3v) is 10.2. The molecule has 0 spiro atoms. The quantitative estimate of drug-likeness (QED) is 0.0985. The standard InChI is InChI=1S/C30H27N3O5S3/c1-19(2)26(29(36)38-17-20-11-5-3-6-12-20)33-27(35)25(32-24(34)18-37-21-13-7-4-8-14-21)28(33)40-41-30-31-22-15-9-10-16-23(22)39-30/h3-16,25-26,28H,1,17-18H2,2H3,(H,32,34).